The predicted octanol–water partition coefficient (Wildman–Crippen LogP) is 18.8. The molecule has 4 heterocycles. The number of thioether (sulfide) groups is 2. The van der Waals surface area contributed by atoms with Gasteiger partial charge in [-0.05, 0) is 294 Å². The number of benzene rings is 6. The highest BCUT2D eigenvalue weighted by Crippen LogP contribution is 2.78. The summed E-state index contributed by atoms with van der Waals surface area (Å²) >= 11 is 3.37. The van der Waals surface area contributed by atoms with Crippen molar-refractivity contribution in [3.05, 3.63) is 190 Å². The van der Waals surface area contributed by atoms with Gasteiger partial charge in [-0.3, -0.25) is 24.3 Å². The van der Waals surface area contributed by atoms with Crippen LogP contribution in [0.2, 0.25) is 0 Å². The first kappa shape index (κ1) is 91.2. The maximum absolute atomic E-state index is 14.2. The highest BCUT2D eigenvalue weighted by molar-refractivity contribution is 7.99. The summed E-state index contributed by atoms with van der Waals surface area (Å²) < 4.78 is 131. The van der Waals surface area contributed by atoms with Gasteiger partial charge >= 0.3 is 5.51 Å². The maximum atomic E-state index is 14.2. The second kappa shape index (κ2) is 37.3. The number of ether oxygens (including phenoxy) is 1. The molecule has 10 fully saturated rings. The molecule has 1 amide bonds. The van der Waals surface area contributed by atoms with Crippen molar-refractivity contribution in [1.29, 1.82) is 0 Å². The van der Waals surface area contributed by atoms with Gasteiger partial charge in [-0.2, -0.15) is 13.2 Å². The number of anilines is 3. The molecule has 17 nitrogen and oxygen atoms in total. The summed E-state index contributed by atoms with van der Waals surface area (Å²) in [7, 11) is -14.6. The zero-order chi connectivity index (χ0) is 87.0. The van der Waals surface area contributed by atoms with Crippen LogP contribution in [-0.4, -0.2) is 203 Å². The predicted molar refractivity (Wildman–Crippen MR) is 490 cm³/mol. The van der Waals surface area contributed by atoms with Gasteiger partial charge < -0.3 is 24.8 Å². The number of sulfonamides is 1. The Balaban J connectivity index is 0.000000191. The number of nitrogens with zero attached hydrogens (tertiary/aromatic N) is 6. The number of aryl methyl sites for hydroxylation is 1. The first-order chi connectivity index (χ1) is 58.4. The van der Waals surface area contributed by atoms with E-state index in [1.807, 2.05) is 78.9 Å². The molecule has 123 heavy (non-hydrogen) atoms. The first-order valence-corrected chi connectivity index (χ1v) is 51.6. The van der Waals surface area contributed by atoms with Gasteiger partial charge in [0.05, 0.1) is 27.9 Å². The fourth-order valence-corrected chi connectivity index (χ4v) is 27.6. The SMILES string of the molecule is CC1(C)CCC(C23CC(C)(C2)C3)=C(CN2CCN(c3ccc(C(=O)CS(=O)(=O)c4ccc(C[C@H](CCN5CCOCC5)CSc5ccccc5)c(S(=O)(=O)C(F)(F)F)c4)cc3)CC2)C1.Cc1cc(S(=O)(=O)NC(=O)c2ccc(N3CCN(CC4=C(C56CC(C)(C5)C6)CC(C)(C)CC4)CC3)cc2)ccc1N[C@H](CCN1CCC(C)CC1)CSc1ccccc1. The third-order valence-corrected chi connectivity index (χ3v) is 35.7. The van der Waals surface area contributed by atoms with Gasteiger partial charge in [0.2, 0.25) is 0 Å². The summed E-state index contributed by atoms with van der Waals surface area (Å²) in [6.45, 7) is 35.0. The average Bonchev–Trinajstić information content (AvgIpc) is 0.677. The number of hydrogen-bond acceptors (Lipinski definition) is 18. The van der Waals surface area contributed by atoms with E-state index in [2.05, 4.69) is 112 Å². The summed E-state index contributed by atoms with van der Waals surface area (Å²) in [6, 6.07) is 42.4. The van der Waals surface area contributed by atoms with Crippen molar-refractivity contribution in [1.82, 2.24) is 24.3 Å². The third-order valence-electron chi connectivity index (χ3n) is 28.8. The van der Waals surface area contributed by atoms with Gasteiger partial charge in [0, 0.05) is 141 Å². The molecule has 6 saturated carbocycles. The minimum absolute atomic E-state index is 0.0208. The van der Waals surface area contributed by atoms with Gasteiger partial charge in [0.15, 0.2) is 15.6 Å². The number of hydrogen-bond donors (Lipinski definition) is 2. The molecule has 25 heteroatoms. The number of sulfone groups is 2. The third kappa shape index (κ3) is 21.9. The van der Waals surface area contributed by atoms with E-state index in [1.54, 1.807) is 65.3 Å². The topological polar surface area (TPSA) is 189 Å². The fraction of sp³-hybridized carbons (Fsp3) is 0.571. The largest absolute Gasteiger partial charge is 0.501 e. The Morgan fingerprint density at radius 3 is 1.62 bits per heavy atom. The summed E-state index contributed by atoms with van der Waals surface area (Å²) in [4.78, 5) is 42.0. The fourth-order valence-electron chi connectivity index (χ4n) is 22.1. The number of nitrogens with one attached hydrogen (secondary N) is 2. The summed E-state index contributed by atoms with van der Waals surface area (Å²) in [5, 5.41) is 3.74. The van der Waals surface area contributed by atoms with Crippen LogP contribution in [0.4, 0.5) is 30.2 Å². The lowest BCUT2D eigenvalue weighted by molar-refractivity contribution is -0.167. The van der Waals surface area contributed by atoms with E-state index in [1.165, 1.54) is 106 Å². The van der Waals surface area contributed by atoms with Crippen molar-refractivity contribution in [2.24, 2.45) is 44.3 Å². The number of halogens is 3. The molecule has 8 aliphatic carbocycles. The van der Waals surface area contributed by atoms with Gasteiger partial charge in [-0.25, -0.2) is 30.0 Å². The highest BCUT2D eigenvalue weighted by atomic mass is 32.2. The summed E-state index contributed by atoms with van der Waals surface area (Å²) in [5.74, 6) is -0.422. The summed E-state index contributed by atoms with van der Waals surface area (Å²) in [5.41, 5.74) is 8.34. The van der Waals surface area contributed by atoms with Gasteiger partial charge in [-0.15, -0.1) is 23.5 Å². The quantitative estimate of drug-likeness (QED) is 0.0230. The van der Waals surface area contributed by atoms with Crippen molar-refractivity contribution in [2.75, 3.05) is 150 Å². The molecule has 666 valence electrons. The van der Waals surface area contributed by atoms with E-state index >= 15 is 0 Å². The number of likely N-dealkylation sites (tertiary alicyclic amines) is 1. The molecule has 4 saturated heterocycles. The number of allylic oxidation sites excluding steroid dienone is 2. The number of piperidine rings is 1. The van der Waals surface area contributed by atoms with Gasteiger partial charge in [0.1, 0.15) is 5.75 Å². The van der Waals surface area contributed by atoms with Crippen LogP contribution in [0.15, 0.2) is 192 Å². The monoisotopic (exact) mass is 1780 g/mol. The van der Waals surface area contributed by atoms with E-state index < -0.39 is 62.4 Å². The Labute approximate surface area is 739 Å². The Morgan fingerprint density at radius 2 is 1.06 bits per heavy atom. The van der Waals surface area contributed by atoms with E-state index in [4.69, 9.17) is 4.74 Å². The van der Waals surface area contributed by atoms with Crippen molar-refractivity contribution in [2.45, 2.75) is 201 Å². The number of ketones is 1. The van der Waals surface area contributed by atoms with Gasteiger partial charge in [-0.1, -0.05) is 113 Å². The summed E-state index contributed by atoms with van der Waals surface area (Å²) in [6.07, 6.45) is 19.8. The number of alkyl halides is 3. The number of amides is 1. The molecule has 2 N–H and O–H groups in total. The van der Waals surface area contributed by atoms with Crippen LogP contribution in [0, 0.1) is 51.2 Å². The van der Waals surface area contributed by atoms with E-state index in [0.717, 1.165) is 156 Å². The molecular weight excluding hydrogens is 1650 g/mol. The smallest absolute Gasteiger partial charge is 0.381 e. The Morgan fingerprint density at radius 1 is 0.545 bits per heavy atom. The number of Topliss-reactive ketones (excluding diaryl/α,β-unsaturated/α-hetero) is 1. The Kier molecular flexibility index (Phi) is 27.7. The molecule has 12 aliphatic rings. The lowest BCUT2D eigenvalue weighted by Crippen LogP contribution is -2.61. The average molecular weight is 1780 g/mol. The van der Waals surface area contributed by atoms with E-state index in [0.29, 0.717) is 76.1 Å². The van der Waals surface area contributed by atoms with Crippen molar-refractivity contribution < 1.29 is 52.8 Å². The normalized spacial score (nSPS) is 25.2. The highest BCUT2D eigenvalue weighted by Gasteiger charge is 2.68. The zero-order valence-electron chi connectivity index (χ0n) is 73.5. The number of rotatable bonds is 32. The molecule has 4 bridgehead atoms. The van der Waals surface area contributed by atoms with Gasteiger partial charge in [0.25, 0.3) is 25.8 Å². The number of carbonyl (C=O) groups excluding carboxylic acids is 2. The van der Waals surface area contributed by atoms with Crippen LogP contribution in [0.5, 0.6) is 0 Å². The van der Waals surface area contributed by atoms with Crippen molar-refractivity contribution in [3.8, 4) is 0 Å². The Bertz CT molecular complexity index is 5140. The van der Waals surface area contributed by atoms with Crippen molar-refractivity contribution >= 4 is 82.0 Å². The molecule has 6 aromatic carbocycles. The molecule has 6 aromatic rings. The minimum Gasteiger partial charge on any atom is -0.381 e. The van der Waals surface area contributed by atoms with Crippen LogP contribution in [0.25, 0.3) is 0 Å². The molecule has 18 rings (SSSR count). The molecule has 0 radical (unpaired) electrons. The lowest BCUT2D eigenvalue weighted by atomic mass is 9.33. The molecular formula is C98H129F3N8O9S5. The van der Waals surface area contributed by atoms with Crippen molar-refractivity contribution in [3.63, 3.8) is 0 Å². The van der Waals surface area contributed by atoms with Crippen LogP contribution in [0.1, 0.15) is 183 Å². The molecule has 0 spiro atoms. The molecule has 4 aliphatic heterocycles. The van der Waals surface area contributed by atoms with Crippen LogP contribution >= 0.6 is 23.5 Å². The zero-order valence-corrected chi connectivity index (χ0v) is 77.6. The van der Waals surface area contributed by atoms with Crippen LogP contribution in [-0.2, 0) is 40.9 Å². The first-order valence-electron chi connectivity index (χ1n) is 45.0. The Hall–Kier alpha value is -6.52. The minimum atomic E-state index is -5.95. The van der Waals surface area contributed by atoms with E-state index in [-0.39, 0.29) is 34.4 Å². The molecule has 0 aromatic heterocycles. The number of piperazine rings is 2. The second-order valence-electron chi connectivity index (χ2n) is 40.2. The van der Waals surface area contributed by atoms with Crippen LogP contribution < -0.4 is 19.8 Å². The standard InChI is InChI=1S/C49H62F3N3O6S3.C49H67N5O3S2/c1-46(2)17-15-43(48-33-47(3,34-48)35-48)39(29-46)30-54-19-21-55(22-20-54)40-12-9-37(10-13-40)44(56)32-63(57,58)42-14-11-38(45(28-42)64(59,60)49(50,51)52)27-36(16-18-53-23-25-61-26-24-53)31-62-41-7-5-4-6-8-41;1-36-18-22-52(23-19-36)24-20-40(32-58-42-9-7-6-8-10-42)50-45-16-15-43(29-37(45)2)59(56,57)51-46(55)38-11-13-41(14-12-38)54-27-25-53(26-28-54)31-39-17-21-47(3,4)30-44(39)49-33-48(5,34-49)35-49/h4-14,28,36H,15-27,29-35H2,1-3H3;6-16,29,36,40,50H,17-28,30-35H2,1-5H3,(H,51,55)/t36-,47?,48?;40-,48?,49?/m01/s1. The number of morpholine rings is 1. The molecule has 0 unspecified atom stereocenters. The maximum Gasteiger partial charge on any atom is 0.501 e. The number of carbonyl (C=O) groups is 2. The second-order valence-corrected chi connectivity index (χ2v) is 48.0. The molecule has 2 atom stereocenters. The van der Waals surface area contributed by atoms with Crippen LogP contribution in [0.3, 0.4) is 0 Å². The lowest BCUT2D eigenvalue weighted by Gasteiger charge is -2.72. The van der Waals surface area contributed by atoms with E-state index in [9.17, 15) is 48.0 Å².